The summed E-state index contributed by atoms with van der Waals surface area (Å²) in [6.07, 6.45) is 3.59. The van der Waals surface area contributed by atoms with Gasteiger partial charge in [-0.3, -0.25) is 9.48 Å². The Morgan fingerprint density at radius 1 is 1.30 bits per heavy atom. The zero-order valence-corrected chi connectivity index (χ0v) is 16.2. The van der Waals surface area contributed by atoms with Gasteiger partial charge in [-0.1, -0.05) is 19.0 Å². The van der Waals surface area contributed by atoms with Gasteiger partial charge in [0.1, 0.15) is 5.76 Å². The average molecular weight is 367 g/mol. The molecule has 3 aromatic rings. The molecule has 1 aliphatic heterocycles. The number of carbonyl (C=O) groups excluding carboxylic acids is 1. The van der Waals surface area contributed by atoms with Crippen LogP contribution in [0.25, 0.3) is 0 Å². The van der Waals surface area contributed by atoms with Crippen molar-refractivity contribution >= 4 is 5.91 Å². The Balaban J connectivity index is 1.69. The summed E-state index contributed by atoms with van der Waals surface area (Å²) in [5.74, 6) is 0.883. The quantitative estimate of drug-likeness (QED) is 0.710. The van der Waals surface area contributed by atoms with Gasteiger partial charge in [0.05, 0.1) is 12.6 Å². The highest BCUT2D eigenvalue weighted by Crippen LogP contribution is 2.35. The van der Waals surface area contributed by atoms with Crippen LogP contribution in [-0.4, -0.2) is 36.9 Å². The molecule has 0 aromatic carbocycles. The predicted octanol–water partition coefficient (Wildman–Crippen LogP) is 3.19. The Morgan fingerprint density at radius 2 is 2.11 bits per heavy atom. The van der Waals surface area contributed by atoms with Crippen molar-refractivity contribution in [2.75, 3.05) is 6.54 Å². The van der Waals surface area contributed by atoms with Crippen LogP contribution < -0.4 is 0 Å². The molecule has 7 nitrogen and oxygen atoms in total. The summed E-state index contributed by atoms with van der Waals surface area (Å²) in [6.45, 7) is 10.2. The lowest BCUT2D eigenvalue weighted by molar-refractivity contribution is 0.0543. The summed E-state index contributed by atoms with van der Waals surface area (Å²) in [4.78, 5) is 15.4. The number of aryl methyl sites for hydroxylation is 2. The first-order chi connectivity index (χ1) is 13.0. The Labute approximate surface area is 158 Å². The van der Waals surface area contributed by atoms with Crippen molar-refractivity contribution in [2.45, 2.75) is 46.8 Å². The standard InChI is InChI=1S/C20H25N5O2/c1-13(2)19-17-7-6-14(3)24(17)10-11-25(19)20(26)18-16(15(4)27-22-18)12-23-9-5-8-21-23/h5-9,13,19H,10-12H2,1-4H3/t19-/m0/s1. The molecule has 0 saturated carbocycles. The highest BCUT2D eigenvalue weighted by Gasteiger charge is 2.36. The molecular weight excluding hydrogens is 342 g/mol. The molecule has 142 valence electrons. The molecule has 0 N–H and O–H groups in total. The molecule has 0 radical (unpaired) electrons. The molecule has 1 aliphatic rings. The molecule has 7 heteroatoms. The van der Waals surface area contributed by atoms with E-state index < -0.39 is 0 Å². The third-order valence-electron chi connectivity index (χ3n) is 5.39. The molecule has 3 aromatic heterocycles. The van der Waals surface area contributed by atoms with E-state index >= 15 is 0 Å². The van der Waals surface area contributed by atoms with Crippen LogP contribution in [-0.2, 0) is 13.1 Å². The Morgan fingerprint density at radius 3 is 2.81 bits per heavy atom. The van der Waals surface area contributed by atoms with Crippen molar-refractivity contribution in [3.8, 4) is 0 Å². The lowest BCUT2D eigenvalue weighted by Crippen LogP contribution is -2.44. The fraction of sp³-hybridized carbons (Fsp3) is 0.450. The van der Waals surface area contributed by atoms with Crippen LogP contribution in [0.1, 0.15) is 53.1 Å². The zero-order valence-electron chi connectivity index (χ0n) is 16.2. The van der Waals surface area contributed by atoms with Crippen LogP contribution in [0.15, 0.2) is 35.1 Å². The minimum absolute atomic E-state index is 0.0227. The summed E-state index contributed by atoms with van der Waals surface area (Å²) in [5.41, 5.74) is 3.61. The first-order valence-electron chi connectivity index (χ1n) is 9.37. The maximum atomic E-state index is 13.5. The van der Waals surface area contributed by atoms with E-state index in [2.05, 4.69) is 47.7 Å². The molecular formula is C20H25N5O2. The third-order valence-corrected chi connectivity index (χ3v) is 5.39. The Bertz CT molecular complexity index is 951. The molecule has 0 fully saturated rings. The molecule has 0 saturated heterocycles. The molecule has 4 rings (SSSR count). The van der Waals surface area contributed by atoms with E-state index in [4.69, 9.17) is 4.52 Å². The predicted molar refractivity (Wildman–Crippen MR) is 100 cm³/mol. The van der Waals surface area contributed by atoms with Crippen molar-refractivity contribution in [2.24, 2.45) is 5.92 Å². The first-order valence-corrected chi connectivity index (χ1v) is 9.37. The van der Waals surface area contributed by atoms with E-state index in [1.807, 2.05) is 24.1 Å². The second-order valence-corrected chi connectivity index (χ2v) is 7.51. The van der Waals surface area contributed by atoms with Gasteiger partial charge in [-0.15, -0.1) is 0 Å². The number of hydrogen-bond acceptors (Lipinski definition) is 4. The first kappa shape index (κ1) is 17.6. The maximum Gasteiger partial charge on any atom is 0.277 e. The minimum atomic E-state index is -0.0715. The molecule has 0 bridgehead atoms. The molecule has 1 atom stereocenters. The minimum Gasteiger partial charge on any atom is -0.361 e. The second-order valence-electron chi connectivity index (χ2n) is 7.51. The topological polar surface area (TPSA) is 69.1 Å². The van der Waals surface area contributed by atoms with Crippen molar-refractivity contribution in [1.29, 1.82) is 0 Å². The molecule has 27 heavy (non-hydrogen) atoms. The van der Waals surface area contributed by atoms with E-state index in [-0.39, 0.29) is 11.9 Å². The van der Waals surface area contributed by atoms with Gasteiger partial charge in [-0.2, -0.15) is 5.10 Å². The number of rotatable bonds is 4. The van der Waals surface area contributed by atoms with Crippen LogP contribution in [0, 0.1) is 19.8 Å². The van der Waals surface area contributed by atoms with Crippen molar-refractivity contribution in [1.82, 2.24) is 24.4 Å². The van der Waals surface area contributed by atoms with Gasteiger partial charge in [-0.05, 0) is 38.0 Å². The van der Waals surface area contributed by atoms with Crippen LogP contribution in [0.3, 0.4) is 0 Å². The van der Waals surface area contributed by atoms with Crippen LogP contribution in [0.4, 0.5) is 0 Å². The highest BCUT2D eigenvalue weighted by molar-refractivity contribution is 5.94. The van der Waals surface area contributed by atoms with Gasteiger partial charge in [0.25, 0.3) is 5.91 Å². The van der Waals surface area contributed by atoms with Crippen molar-refractivity contribution in [3.05, 3.63) is 59.0 Å². The fourth-order valence-electron chi connectivity index (χ4n) is 4.03. The number of amides is 1. The monoisotopic (exact) mass is 367 g/mol. The number of aromatic nitrogens is 4. The van der Waals surface area contributed by atoms with Crippen LogP contribution in [0.5, 0.6) is 0 Å². The molecule has 0 spiro atoms. The number of carbonyl (C=O) groups is 1. The van der Waals surface area contributed by atoms with E-state index in [9.17, 15) is 4.79 Å². The molecule has 1 amide bonds. The maximum absolute atomic E-state index is 13.5. The largest absolute Gasteiger partial charge is 0.361 e. The zero-order chi connectivity index (χ0) is 19.1. The second kappa shape index (κ2) is 6.72. The van der Waals surface area contributed by atoms with Crippen LogP contribution in [0.2, 0.25) is 0 Å². The van der Waals surface area contributed by atoms with E-state index in [1.165, 1.54) is 11.4 Å². The van der Waals surface area contributed by atoms with Gasteiger partial charge in [0, 0.05) is 42.4 Å². The lowest BCUT2D eigenvalue weighted by atomic mass is 9.96. The Hall–Kier alpha value is -2.83. The van der Waals surface area contributed by atoms with Crippen molar-refractivity contribution < 1.29 is 9.32 Å². The van der Waals surface area contributed by atoms with Gasteiger partial charge in [-0.25, -0.2) is 0 Å². The summed E-state index contributed by atoms with van der Waals surface area (Å²) < 4.78 is 9.47. The smallest absolute Gasteiger partial charge is 0.277 e. The van der Waals surface area contributed by atoms with E-state index in [1.54, 1.807) is 10.9 Å². The summed E-state index contributed by atoms with van der Waals surface area (Å²) in [5, 5.41) is 8.35. The summed E-state index contributed by atoms with van der Waals surface area (Å²) >= 11 is 0. The van der Waals surface area contributed by atoms with E-state index in [0.29, 0.717) is 30.5 Å². The van der Waals surface area contributed by atoms with Gasteiger partial charge >= 0.3 is 0 Å². The number of hydrogen-bond donors (Lipinski definition) is 0. The highest BCUT2D eigenvalue weighted by atomic mass is 16.5. The normalized spacial score (nSPS) is 16.8. The lowest BCUT2D eigenvalue weighted by Gasteiger charge is -2.39. The van der Waals surface area contributed by atoms with Crippen LogP contribution >= 0.6 is 0 Å². The number of fused-ring (bicyclic) bond motifs is 1. The van der Waals surface area contributed by atoms with Crippen molar-refractivity contribution in [3.63, 3.8) is 0 Å². The number of nitrogens with zero attached hydrogens (tertiary/aromatic N) is 5. The Kier molecular flexibility index (Phi) is 4.37. The summed E-state index contributed by atoms with van der Waals surface area (Å²) in [7, 11) is 0. The SMILES string of the molecule is Cc1onc(C(=O)N2CCn3c(C)ccc3[C@@H]2C(C)C)c1Cn1cccn1. The van der Waals surface area contributed by atoms with E-state index in [0.717, 1.165) is 12.1 Å². The average Bonchev–Trinajstić information content (AvgIpc) is 3.37. The van der Waals surface area contributed by atoms with Gasteiger partial charge in [0.2, 0.25) is 0 Å². The molecule has 0 aliphatic carbocycles. The van der Waals surface area contributed by atoms with Gasteiger partial charge < -0.3 is 14.0 Å². The molecule has 4 heterocycles. The summed E-state index contributed by atoms with van der Waals surface area (Å²) in [6, 6.07) is 6.15. The fourth-order valence-corrected chi connectivity index (χ4v) is 4.03. The van der Waals surface area contributed by atoms with Gasteiger partial charge in [0.15, 0.2) is 5.69 Å². The third kappa shape index (κ3) is 2.97. The molecule has 0 unspecified atom stereocenters.